The minimum atomic E-state index is -0.608. The molecule has 1 aromatic carbocycles. The fourth-order valence-electron chi connectivity index (χ4n) is 2.39. The van der Waals surface area contributed by atoms with Gasteiger partial charge in [-0.3, -0.25) is 4.79 Å². The lowest BCUT2D eigenvalue weighted by Gasteiger charge is -2.20. The van der Waals surface area contributed by atoms with E-state index in [-0.39, 0.29) is 11.5 Å². The van der Waals surface area contributed by atoms with Crippen molar-refractivity contribution in [2.24, 2.45) is 0 Å². The Morgan fingerprint density at radius 2 is 1.86 bits per heavy atom. The first kappa shape index (κ1) is 16.1. The van der Waals surface area contributed by atoms with Crippen molar-refractivity contribution in [3.8, 4) is 5.75 Å². The third-order valence-corrected chi connectivity index (χ3v) is 3.45. The minimum Gasteiger partial charge on any atom is -0.497 e. The highest BCUT2D eigenvalue weighted by Gasteiger charge is 2.19. The summed E-state index contributed by atoms with van der Waals surface area (Å²) >= 11 is 0. The number of hydrogen-bond donors (Lipinski definition) is 0. The fourth-order valence-corrected chi connectivity index (χ4v) is 2.39. The second-order valence-electron chi connectivity index (χ2n) is 5.14. The average Bonchev–Trinajstić information content (AvgIpc) is 2.52. The molecule has 1 heterocycles. The predicted octanol–water partition coefficient (Wildman–Crippen LogP) is 3.06. The molecule has 1 aromatic heterocycles. The van der Waals surface area contributed by atoms with Crippen molar-refractivity contribution in [1.82, 2.24) is 4.90 Å². The molecule has 0 aliphatic rings. The Bertz CT molecular complexity index is 714. The van der Waals surface area contributed by atoms with E-state index in [2.05, 4.69) is 0 Å². The van der Waals surface area contributed by atoms with E-state index in [1.807, 2.05) is 13.8 Å². The van der Waals surface area contributed by atoms with Gasteiger partial charge in [0.25, 0.3) is 5.91 Å². The molecule has 0 aliphatic heterocycles. The van der Waals surface area contributed by atoms with Crippen molar-refractivity contribution < 1.29 is 13.9 Å². The van der Waals surface area contributed by atoms with Crippen molar-refractivity contribution in [2.75, 3.05) is 20.2 Å². The molecular weight excluding hydrogens is 282 g/mol. The van der Waals surface area contributed by atoms with E-state index in [9.17, 15) is 9.59 Å². The van der Waals surface area contributed by atoms with Crippen molar-refractivity contribution in [1.29, 1.82) is 0 Å². The first-order valence-electron chi connectivity index (χ1n) is 7.51. The van der Waals surface area contributed by atoms with Gasteiger partial charge >= 0.3 is 5.63 Å². The molecule has 2 rings (SSSR count). The number of benzene rings is 1. The van der Waals surface area contributed by atoms with Crippen LogP contribution in [-0.4, -0.2) is 31.0 Å². The normalized spacial score (nSPS) is 10.7. The maximum Gasteiger partial charge on any atom is 0.349 e. The van der Waals surface area contributed by atoms with Gasteiger partial charge in [-0.2, -0.15) is 0 Å². The lowest BCUT2D eigenvalue weighted by atomic mass is 10.1. The quantitative estimate of drug-likeness (QED) is 0.770. The second kappa shape index (κ2) is 7.11. The molecule has 0 saturated carbocycles. The van der Waals surface area contributed by atoms with Gasteiger partial charge in [0.15, 0.2) is 0 Å². The van der Waals surface area contributed by atoms with Gasteiger partial charge in [-0.15, -0.1) is 0 Å². The minimum absolute atomic E-state index is 0.0829. The van der Waals surface area contributed by atoms with Crippen molar-refractivity contribution in [3.05, 3.63) is 40.2 Å². The third-order valence-electron chi connectivity index (χ3n) is 3.45. The van der Waals surface area contributed by atoms with E-state index in [4.69, 9.17) is 9.15 Å². The molecular formula is C17H21NO4. The number of carbonyl (C=O) groups excluding carboxylic acids is 1. The third kappa shape index (κ3) is 3.30. The van der Waals surface area contributed by atoms with Crippen LogP contribution >= 0.6 is 0 Å². The lowest BCUT2D eigenvalue weighted by molar-refractivity contribution is 0.0751. The molecule has 5 heteroatoms. The number of rotatable bonds is 6. The molecule has 118 valence electrons. The summed E-state index contributed by atoms with van der Waals surface area (Å²) in [6.07, 6.45) is 1.70. The fraction of sp³-hybridized carbons (Fsp3) is 0.412. The highest BCUT2D eigenvalue weighted by atomic mass is 16.5. The Morgan fingerprint density at radius 3 is 2.45 bits per heavy atom. The summed E-state index contributed by atoms with van der Waals surface area (Å²) in [7, 11) is 1.55. The monoisotopic (exact) mass is 303 g/mol. The zero-order chi connectivity index (χ0) is 16.1. The molecule has 0 unspecified atom stereocenters. The summed E-state index contributed by atoms with van der Waals surface area (Å²) in [5, 5.41) is 0.705. The van der Waals surface area contributed by atoms with Gasteiger partial charge in [0, 0.05) is 24.5 Å². The van der Waals surface area contributed by atoms with Crippen molar-refractivity contribution in [3.63, 3.8) is 0 Å². The van der Waals surface area contributed by atoms with Crippen LogP contribution in [0.1, 0.15) is 37.0 Å². The van der Waals surface area contributed by atoms with Gasteiger partial charge in [-0.25, -0.2) is 4.79 Å². The molecule has 2 aromatic rings. The molecule has 0 N–H and O–H groups in total. The van der Waals surface area contributed by atoms with E-state index in [1.54, 1.807) is 36.3 Å². The molecule has 0 bridgehead atoms. The number of ether oxygens (including phenoxy) is 1. The van der Waals surface area contributed by atoms with Crippen molar-refractivity contribution in [2.45, 2.75) is 26.7 Å². The van der Waals surface area contributed by atoms with Gasteiger partial charge in [-0.05, 0) is 31.0 Å². The topological polar surface area (TPSA) is 59.8 Å². The molecule has 0 saturated heterocycles. The van der Waals surface area contributed by atoms with Crippen LogP contribution in [0.5, 0.6) is 5.75 Å². The molecule has 0 spiro atoms. The SMILES string of the molecule is CCCN(CCC)C(=O)c1cc2ccc(OC)cc2oc1=O. The summed E-state index contributed by atoms with van der Waals surface area (Å²) in [5.74, 6) is 0.337. The zero-order valence-electron chi connectivity index (χ0n) is 13.2. The van der Waals surface area contributed by atoms with E-state index in [0.717, 1.165) is 12.8 Å². The molecule has 22 heavy (non-hydrogen) atoms. The summed E-state index contributed by atoms with van der Waals surface area (Å²) in [4.78, 5) is 26.4. The van der Waals surface area contributed by atoms with Crippen LogP contribution in [0.3, 0.4) is 0 Å². The second-order valence-corrected chi connectivity index (χ2v) is 5.14. The van der Waals surface area contributed by atoms with Gasteiger partial charge in [0.1, 0.15) is 16.9 Å². The average molecular weight is 303 g/mol. The highest BCUT2D eigenvalue weighted by Crippen LogP contribution is 2.20. The number of nitrogens with zero attached hydrogens (tertiary/aromatic N) is 1. The smallest absolute Gasteiger partial charge is 0.349 e. The van der Waals surface area contributed by atoms with Crippen LogP contribution in [0.4, 0.5) is 0 Å². The standard InChI is InChI=1S/C17H21NO4/c1-4-8-18(9-5-2)16(19)14-10-12-6-7-13(21-3)11-15(12)22-17(14)20/h6-7,10-11H,4-5,8-9H2,1-3H3. The number of fused-ring (bicyclic) bond motifs is 1. The van der Waals surface area contributed by atoms with Crippen LogP contribution in [0.25, 0.3) is 11.0 Å². The molecule has 0 radical (unpaired) electrons. The molecule has 0 atom stereocenters. The van der Waals surface area contributed by atoms with Gasteiger partial charge in [0.05, 0.1) is 7.11 Å². The van der Waals surface area contributed by atoms with Gasteiger partial charge < -0.3 is 14.1 Å². The Morgan fingerprint density at radius 1 is 1.18 bits per heavy atom. The van der Waals surface area contributed by atoms with Crippen LogP contribution < -0.4 is 10.4 Å². The number of hydrogen-bond acceptors (Lipinski definition) is 4. The Labute approximate surface area is 129 Å². The van der Waals surface area contributed by atoms with E-state index >= 15 is 0 Å². The maximum atomic E-state index is 12.6. The first-order valence-corrected chi connectivity index (χ1v) is 7.51. The summed E-state index contributed by atoms with van der Waals surface area (Å²) < 4.78 is 10.4. The Hall–Kier alpha value is -2.30. The lowest BCUT2D eigenvalue weighted by Crippen LogP contribution is -2.35. The van der Waals surface area contributed by atoms with Gasteiger partial charge in [0.2, 0.25) is 0 Å². The van der Waals surface area contributed by atoms with E-state index in [0.29, 0.717) is 29.8 Å². The summed E-state index contributed by atoms with van der Waals surface area (Å²) in [5.41, 5.74) is -0.110. The molecule has 0 aliphatic carbocycles. The van der Waals surface area contributed by atoms with Crippen LogP contribution in [-0.2, 0) is 0 Å². The van der Waals surface area contributed by atoms with E-state index < -0.39 is 5.63 Å². The Kier molecular flexibility index (Phi) is 5.20. The number of carbonyl (C=O) groups is 1. The van der Waals surface area contributed by atoms with Crippen LogP contribution in [0.15, 0.2) is 33.5 Å². The number of methoxy groups -OCH3 is 1. The zero-order valence-corrected chi connectivity index (χ0v) is 13.2. The van der Waals surface area contributed by atoms with Crippen LogP contribution in [0, 0.1) is 0 Å². The molecule has 1 amide bonds. The largest absolute Gasteiger partial charge is 0.497 e. The van der Waals surface area contributed by atoms with E-state index in [1.165, 1.54) is 0 Å². The van der Waals surface area contributed by atoms with Gasteiger partial charge in [-0.1, -0.05) is 13.8 Å². The Balaban J connectivity index is 2.44. The molecule has 0 fully saturated rings. The summed E-state index contributed by atoms with van der Waals surface area (Å²) in [6.45, 7) is 5.27. The maximum absolute atomic E-state index is 12.6. The molecule has 5 nitrogen and oxygen atoms in total. The summed E-state index contributed by atoms with van der Waals surface area (Å²) in [6, 6.07) is 6.78. The van der Waals surface area contributed by atoms with Crippen LogP contribution in [0.2, 0.25) is 0 Å². The predicted molar refractivity (Wildman–Crippen MR) is 85.5 cm³/mol. The first-order chi connectivity index (χ1) is 10.6. The number of amides is 1. The highest BCUT2D eigenvalue weighted by molar-refractivity contribution is 5.96. The van der Waals surface area contributed by atoms with Crippen molar-refractivity contribution >= 4 is 16.9 Å².